The molecule has 220 valence electrons. The lowest BCUT2D eigenvalue weighted by Gasteiger charge is -2.14. The minimum absolute atomic E-state index is 0.118. The molecule has 2 aromatic heterocycles. The van der Waals surface area contributed by atoms with E-state index in [9.17, 15) is 4.79 Å². The Labute approximate surface area is 259 Å². The van der Waals surface area contributed by atoms with Crippen molar-refractivity contribution in [2.75, 3.05) is 7.11 Å². The number of amides is 1. The molecule has 5 aromatic rings. The van der Waals surface area contributed by atoms with E-state index in [0.29, 0.717) is 35.2 Å². The van der Waals surface area contributed by atoms with Crippen molar-refractivity contribution in [2.45, 2.75) is 34.0 Å². The van der Waals surface area contributed by atoms with Crippen LogP contribution in [0.2, 0.25) is 0 Å². The SMILES string of the molecule is COc1cc(Br)cc(C=NNC(=O)c2ccc(COc3ccc(-n4c(C)ccc4C)cc3)o2)c1OCc1ccc(C)cc1. The van der Waals surface area contributed by atoms with E-state index in [4.69, 9.17) is 18.6 Å². The monoisotopic (exact) mass is 641 g/mol. The molecular formula is C34H32BrN3O5. The van der Waals surface area contributed by atoms with E-state index in [2.05, 4.69) is 57.0 Å². The highest BCUT2D eigenvalue weighted by Gasteiger charge is 2.14. The van der Waals surface area contributed by atoms with Gasteiger partial charge in [0.25, 0.3) is 0 Å². The Balaban J connectivity index is 1.19. The highest BCUT2D eigenvalue weighted by atomic mass is 79.9. The number of benzene rings is 3. The van der Waals surface area contributed by atoms with E-state index in [0.717, 1.165) is 15.7 Å². The second-order valence-corrected chi connectivity index (χ2v) is 10.9. The first-order chi connectivity index (χ1) is 20.8. The quantitative estimate of drug-likeness (QED) is 0.118. The summed E-state index contributed by atoms with van der Waals surface area (Å²) >= 11 is 3.49. The minimum atomic E-state index is -0.492. The zero-order valence-electron chi connectivity index (χ0n) is 24.4. The minimum Gasteiger partial charge on any atom is -0.493 e. The van der Waals surface area contributed by atoms with Crippen LogP contribution in [0, 0.1) is 20.8 Å². The fourth-order valence-electron chi connectivity index (χ4n) is 4.55. The van der Waals surface area contributed by atoms with Gasteiger partial charge in [0.05, 0.1) is 13.3 Å². The van der Waals surface area contributed by atoms with Crippen molar-refractivity contribution < 1.29 is 23.4 Å². The summed E-state index contributed by atoms with van der Waals surface area (Å²) in [5.41, 5.74) is 8.73. The van der Waals surface area contributed by atoms with Gasteiger partial charge in [-0.2, -0.15) is 5.10 Å². The fourth-order valence-corrected chi connectivity index (χ4v) is 5.00. The van der Waals surface area contributed by atoms with Crippen LogP contribution in [0.4, 0.5) is 0 Å². The van der Waals surface area contributed by atoms with Gasteiger partial charge in [0.2, 0.25) is 0 Å². The second-order valence-electron chi connectivity index (χ2n) is 10.00. The smallest absolute Gasteiger partial charge is 0.307 e. The van der Waals surface area contributed by atoms with E-state index in [1.54, 1.807) is 19.2 Å². The second kappa shape index (κ2) is 13.5. The molecule has 0 aliphatic heterocycles. The van der Waals surface area contributed by atoms with Crippen LogP contribution in [0.1, 0.15) is 44.4 Å². The van der Waals surface area contributed by atoms with Crippen molar-refractivity contribution in [2.24, 2.45) is 5.10 Å². The molecule has 0 unspecified atom stereocenters. The van der Waals surface area contributed by atoms with Crippen molar-refractivity contribution in [1.29, 1.82) is 0 Å². The molecule has 8 nitrogen and oxygen atoms in total. The maximum absolute atomic E-state index is 12.7. The fraction of sp³-hybridized carbons (Fsp3) is 0.176. The zero-order valence-corrected chi connectivity index (χ0v) is 26.0. The van der Waals surface area contributed by atoms with Crippen LogP contribution in [-0.2, 0) is 13.2 Å². The molecule has 0 saturated heterocycles. The number of hydrogen-bond acceptors (Lipinski definition) is 6. The number of methoxy groups -OCH3 is 1. The Morgan fingerprint density at radius 1 is 0.907 bits per heavy atom. The maximum atomic E-state index is 12.7. The van der Waals surface area contributed by atoms with Crippen molar-refractivity contribution in [3.8, 4) is 22.9 Å². The molecule has 0 fully saturated rings. The molecule has 9 heteroatoms. The Bertz CT molecular complexity index is 1720. The van der Waals surface area contributed by atoms with Crippen LogP contribution in [0.25, 0.3) is 5.69 Å². The number of aromatic nitrogens is 1. The number of hydrazone groups is 1. The lowest BCUT2D eigenvalue weighted by Crippen LogP contribution is -2.17. The Morgan fingerprint density at radius 2 is 1.63 bits per heavy atom. The van der Waals surface area contributed by atoms with Gasteiger partial charge in [0.1, 0.15) is 24.7 Å². The number of aryl methyl sites for hydroxylation is 3. The predicted octanol–water partition coefficient (Wildman–Crippen LogP) is 7.69. The lowest BCUT2D eigenvalue weighted by atomic mass is 10.1. The number of rotatable bonds is 11. The van der Waals surface area contributed by atoms with Gasteiger partial charge in [0.15, 0.2) is 17.3 Å². The number of nitrogens with zero attached hydrogens (tertiary/aromatic N) is 2. The van der Waals surface area contributed by atoms with Gasteiger partial charge in [-0.3, -0.25) is 4.79 Å². The Morgan fingerprint density at radius 3 is 2.33 bits per heavy atom. The number of nitrogens with one attached hydrogen (secondary N) is 1. The van der Waals surface area contributed by atoms with Crippen LogP contribution in [0.3, 0.4) is 0 Å². The van der Waals surface area contributed by atoms with Gasteiger partial charge in [-0.05, 0) is 87.0 Å². The van der Waals surface area contributed by atoms with Crippen LogP contribution < -0.4 is 19.6 Å². The zero-order chi connectivity index (χ0) is 30.3. The third kappa shape index (κ3) is 7.37. The average molecular weight is 643 g/mol. The first-order valence-corrected chi connectivity index (χ1v) is 14.5. The average Bonchev–Trinajstić information content (AvgIpc) is 3.62. The van der Waals surface area contributed by atoms with Crippen molar-refractivity contribution >= 4 is 28.1 Å². The number of hydrogen-bond donors (Lipinski definition) is 1. The van der Waals surface area contributed by atoms with Crippen molar-refractivity contribution in [3.05, 3.63) is 129 Å². The first kappa shape index (κ1) is 29.7. The van der Waals surface area contributed by atoms with Gasteiger partial charge in [-0.1, -0.05) is 45.8 Å². The highest BCUT2D eigenvalue weighted by Crippen LogP contribution is 2.34. The Hall–Kier alpha value is -4.76. The number of carbonyl (C=O) groups is 1. The van der Waals surface area contributed by atoms with Crippen LogP contribution in [-0.4, -0.2) is 23.8 Å². The summed E-state index contributed by atoms with van der Waals surface area (Å²) in [7, 11) is 1.57. The largest absolute Gasteiger partial charge is 0.493 e. The molecule has 0 radical (unpaired) electrons. The standard InChI is InChI=1S/C34H32BrN3O5/c1-22-5-9-25(10-6-22)20-42-33-26(17-27(35)18-32(33)40-4)19-36-37-34(39)31-16-15-30(43-31)21-41-29-13-11-28(12-14-29)38-23(2)7-8-24(38)3/h5-19H,20-21H2,1-4H3,(H,37,39). The summed E-state index contributed by atoms with van der Waals surface area (Å²) in [6, 6.07) is 27.0. The maximum Gasteiger partial charge on any atom is 0.307 e. The number of ether oxygens (including phenoxy) is 3. The van der Waals surface area contributed by atoms with E-state index in [-0.39, 0.29) is 12.4 Å². The third-order valence-electron chi connectivity index (χ3n) is 6.77. The van der Waals surface area contributed by atoms with Gasteiger partial charge >= 0.3 is 5.91 Å². The summed E-state index contributed by atoms with van der Waals surface area (Å²) in [6.45, 7) is 6.71. The van der Waals surface area contributed by atoms with Gasteiger partial charge in [-0.25, -0.2) is 5.43 Å². The topological polar surface area (TPSA) is 87.2 Å². The van der Waals surface area contributed by atoms with E-state index in [1.807, 2.05) is 67.6 Å². The molecule has 0 spiro atoms. The van der Waals surface area contributed by atoms with Gasteiger partial charge < -0.3 is 23.2 Å². The van der Waals surface area contributed by atoms with E-state index >= 15 is 0 Å². The molecule has 5 rings (SSSR count). The van der Waals surface area contributed by atoms with E-state index in [1.165, 1.54) is 23.2 Å². The molecule has 0 aliphatic rings. The molecule has 0 atom stereocenters. The predicted molar refractivity (Wildman–Crippen MR) is 170 cm³/mol. The lowest BCUT2D eigenvalue weighted by molar-refractivity contribution is 0.0923. The van der Waals surface area contributed by atoms with Gasteiger partial charge in [0, 0.05) is 27.1 Å². The number of carbonyl (C=O) groups excluding carboxylic acids is 1. The third-order valence-corrected chi connectivity index (χ3v) is 7.23. The molecule has 43 heavy (non-hydrogen) atoms. The summed E-state index contributed by atoms with van der Waals surface area (Å²) in [5.74, 6) is 1.88. The van der Waals surface area contributed by atoms with Crippen LogP contribution in [0.15, 0.2) is 98.9 Å². The number of halogens is 1. The molecule has 0 aliphatic carbocycles. The summed E-state index contributed by atoms with van der Waals surface area (Å²) in [5, 5.41) is 4.13. The Kier molecular flexibility index (Phi) is 9.32. The van der Waals surface area contributed by atoms with Crippen molar-refractivity contribution in [1.82, 2.24) is 9.99 Å². The summed E-state index contributed by atoms with van der Waals surface area (Å²) in [4.78, 5) is 12.7. The molecule has 1 N–H and O–H groups in total. The van der Waals surface area contributed by atoms with E-state index < -0.39 is 5.91 Å². The van der Waals surface area contributed by atoms with Crippen molar-refractivity contribution in [3.63, 3.8) is 0 Å². The summed E-state index contributed by atoms with van der Waals surface area (Å²) in [6.07, 6.45) is 1.50. The molecule has 3 aromatic carbocycles. The molecule has 2 heterocycles. The van der Waals surface area contributed by atoms with Crippen LogP contribution >= 0.6 is 15.9 Å². The normalized spacial score (nSPS) is 11.1. The highest BCUT2D eigenvalue weighted by molar-refractivity contribution is 9.10. The summed E-state index contributed by atoms with van der Waals surface area (Å²) < 4.78 is 26.1. The first-order valence-electron chi connectivity index (χ1n) is 13.7. The molecule has 0 saturated carbocycles. The molecular weight excluding hydrogens is 610 g/mol. The number of furan rings is 1. The van der Waals surface area contributed by atoms with Crippen LogP contribution in [0.5, 0.6) is 17.2 Å². The molecule has 1 amide bonds. The van der Waals surface area contributed by atoms with Gasteiger partial charge in [-0.15, -0.1) is 0 Å². The molecule has 0 bridgehead atoms.